The number of carbonyl (C=O) groups is 3. The monoisotopic (exact) mass is 358 g/mol. The third kappa shape index (κ3) is 4.20. The predicted octanol–water partition coefficient (Wildman–Crippen LogP) is 2.08. The minimum atomic E-state index is -0.684. The molecule has 1 aromatic rings. The normalized spacial score (nSPS) is 21.2. The average Bonchev–Trinajstić information content (AvgIpc) is 2.68. The standard InChI is InChI=1S/C19H26N4O3/c20-17(24)14-10-15(12-21-11-14)22-18(25)19(26)23-9-5-4-8-16(23)13-6-2-1-3-7-13/h10-13,16H,1-9H2,(H2,20,24)(H,22,25)/t16-/m1/s1. The molecule has 1 aliphatic heterocycles. The third-order valence-electron chi connectivity index (χ3n) is 5.48. The van der Waals surface area contributed by atoms with E-state index in [-0.39, 0.29) is 11.6 Å². The molecule has 1 saturated carbocycles. The SMILES string of the molecule is NC(=O)c1cncc(NC(=O)C(=O)N2CCCC[C@@H]2C2CCCCC2)c1. The van der Waals surface area contributed by atoms with Gasteiger partial charge in [0.2, 0.25) is 5.91 Å². The number of primary amides is 1. The van der Waals surface area contributed by atoms with Gasteiger partial charge in [0, 0.05) is 18.8 Å². The number of nitrogens with two attached hydrogens (primary N) is 1. The van der Waals surface area contributed by atoms with Gasteiger partial charge in [-0.3, -0.25) is 19.4 Å². The maximum Gasteiger partial charge on any atom is 0.313 e. The van der Waals surface area contributed by atoms with E-state index < -0.39 is 17.7 Å². The van der Waals surface area contributed by atoms with Crippen LogP contribution in [0, 0.1) is 5.92 Å². The van der Waals surface area contributed by atoms with E-state index in [9.17, 15) is 14.4 Å². The number of pyridine rings is 1. The van der Waals surface area contributed by atoms with Crippen molar-refractivity contribution in [3.8, 4) is 0 Å². The van der Waals surface area contributed by atoms with E-state index in [1.165, 1.54) is 37.7 Å². The Morgan fingerprint density at radius 2 is 1.77 bits per heavy atom. The predicted molar refractivity (Wildman–Crippen MR) is 97.3 cm³/mol. The Bertz CT molecular complexity index is 685. The summed E-state index contributed by atoms with van der Waals surface area (Å²) in [5.74, 6) is -1.31. The lowest BCUT2D eigenvalue weighted by molar-refractivity contribution is -0.147. The zero-order valence-corrected chi connectivity index (χ0v) is 14.9. The highest BCUT2D eigenvalue weighted by Crippen LogP contribution is 2.33. The molecule has 3 rings (SSSR count). The highest BCUT2D eigenvalue weighted by molar-refractivity contribution is 6.39. The molecule has 7 heteroatoms. The molecule has 0 bridgehead atoms. The number of nitrogens with zero attached hydrogens (tertiary/aromatic N) is 2. The topological polar surface area (TPSA) is 105 Å². The Balaban J connectivity index is 1.68. The Labute approximate surface area is 153 Å². The summed E-state index contributed by atoms with van der Waals surface area (Å²) in [4.78, 5) is 42.1. The number of hydrogen-bond acceptors (Lipinski definition) is 4. The van der Waals surface area contributed by atoms with E-state index in [0.29, 0.717) is 18.2 Å². The summed E-state index contributed by atoms with van der Waals surface area (Å²) < 4.78 is 0. The third-order valence-corrected chi connectivity index (χ3v) is 5.48. The van der Waals surface area contributed by atoms with Gasteiger partial charge in [0.15, 0.2) is 0 Å². The number of nitrogens with one attached hydrogen (secondary N) is 1. The van der Waals surface area contributed by atoms with Crippen LogP contribution in [0.25, 0.3) is 0 Å². The maximum absolute atomic E-state index is 12.8. The van der Waals surface area contributed by atoms with Crippen LogP contribution in [0.5, 0.6) is 0 Å². The number of piperidine rings is 1. The van der Waals surface area contributed by atoms with E-state index in [4.69, 9.17) is 5.73 Å². The average molecular weight is 358 g/mol. The molecule has 2 fully saturated rings. The number of hydrogen-bond donors (Lipinski definition) is 2. The highest BCUT2D eigenvalue weighted by Gasteiger charge is 2.35. The molecule has 0 aromatic carbocycles. The Morgan fingerprint density at radius 3 is 2.50 bits per heavy atom. The van der Waals surface area contributed by atoms with E-state index in [2.05, 4.69) is 10.3 Å². The van der Waals surface area contributed by atoms with Crippen molar-refractivity contribution in [3.63, 3.8) is 0 Å². The fraction of sp³-hybridized carbons (Fsp3) is 0.579. The van der Waals surface area contributed by atoms with Crippen molar-refractivity contribution in [1.82, 2.24) is 9.88 Å². The molecule has 1 aliphatic carbocycles. The molecule has 0 spiro atoms. The van der Waals surface area contributed by atoms with Gasteiger partial charge >= 0.3 is 11.8 Å². The number of carbonyl (C=O) groups excluding carboxylic acids is 3. The van der Waals surface area contributed by atoms with Gasteiger partial charge in [-0.25, -0.2) is 0 Å². The van der Waals surface area contributed by atoms with Crippen LogP contribution in [0.1, 0.15) is 61.7 Å². The van der Waals surface area contributed by atoms with E-state index in [0.717, 1.165) is 32.1 Å². The lowest BCUT2D eigenvalue weighted by Crippen LogP contribution is -2.51. The number of rotatable bonds is 3. The molecule has 3 N–H and O–H groups in total. The van der Waals surface area contributed by atoms with Crippen LogP contribution in [0.2, 0.25) is 0 Å². The van der Waals surface area contributed by atoms with Gasteiger partial charge < -0.3 is 16.0 Å². The lowest BCUT2D eigenvalue weighted by Gasteiger charge is -2.41. The molecule has 1 atom stereocenters. The molecule has 0 unspecified atom stereocenters. The van der Waals surface area contributed by atoms with Crippen LogP contribution >= 0.6 is 0 Å². The highest BCUT2D eigenvalue weighted by atomic mass is 16.2. The van der Waals surface area contributed by atoms with Crippen LogP contribution in [0.3, 0.4) is 0 Å². The molecular formula is C19H26N4O3. The van der Waals surface area contributed by atoms with Gasteiger partial charge in [-0.2, -0.15) is 0 Å². The largest absolute Gasteiger partial charge is 0.366 e. The molecule has 2 aliphatic rings. The molecule has 3 amide bonds. The quantitative estimate of drug-likeness (QED) is 0.807. The number of anilines is 1. The van der Waals surface area contributed by atoms with Crippen LogP contribution in [0.15, 0.2) is 18.5 Å². The smallest absolute Gasteiger partial charge is 0.313 e. The summed E-state index contributed by atoms with van der Waals surface area (Å²) in [6.07, 6.45) is 11.7. The molecule has 26 heavy (non-hydrogen) atoms. The number of likely N-dealkylation sites (tertiary alicyclic amines) is 1. The molecule has 7 nitrogen and oxygen atoms in total. The zero-order valence-electron chi connectivity index (χ0n) is 14.9. The van der Waals surface area contributed by atoms with E-state index >= 15 is 0 Å². The second-order valence-corrected chi connectivity index (χ2v) is 7.24. The van der Waals surface area contributed by atoms with Crippen molar-refractivity contribution in [3.05, 3.63) is 24.0 Å². The van der Waals surface area contributed by atoms with Crippen molar-refractivity contribution in [2.45, 2.75) is 57.4 Å². The molecular weight excluding hydrogens is 332 g/mol. The van der Waals surface area contributed by atoms with Gasteiger partial charge in [-0.1, -0.05) is 19.3 Å². The fourth-order valence-electron chi connectivity index (χ4n) is 4.18. The van der Waals surface area contributed by atoms with Crippen molar-refractivity contribution in [1.29, 1.82) is 0 Å². The minimum Gasteiger partial charge on any atom is -0.366 e. The van der Waals surface area contributed by atoms with Gasteiger partial charge in [-0.15, -0.1) is 0 Å². The summed E-state index contributed by atoms with van der Waals surface area (Å²) in [6, 6.07) is 1.59. The van der Waals surface area contributed by atoms with Gasteiger partial charge in [-0.05, 0) is 44.1 Å². The zero-order chi connectivity index (χ0) is 18.5. The summed E-state index contributed by atoms with van der Waals surface area (Å²) in [5.41, 5.74) is 5.71. The van der Waals surface area contributed by atoms with Crippen LogP contribution in [-0.4, -0.2) is 40.2 Å². The minimum absolute atomic E-state index is 0.164. The Hall–Kier alpha value is -2.44. The second kappa shape index (κ2) is 8.29. The van der Waals surface area contributed by atoms with E-state index in [1.54, 1.807) is 4.90 Å². The first kappa shape index (κ1) is 18.4. The first-order chi connectivity index (χ1) is 12.6. The molecule has 0 radical (unpaired) electrons. The van der Waals surface area contributed by atoms with E-state index in [1.807, 2.05) is 0 Å². The lowest BCUT2D eigenvalue weighted by atomic mass is 9.80. The van der Waals surface area contributed by atoms with Crippen molar-refractivity contribution in [2.75, 3.05) is 11.9 Å². The first-order valence-electron chi connectivity index (χ1n) is 9.43. The number of aromatic nitrogens is 1. The second-order valence-electron chi connectivity index (χ2n) is 7.24. The van der Waals surface area contributed by atoms with Gasteiger partial charge in [0.05, 0.1) is 17.4 Å². The van der Waals surface area contributed by atoms with Crippen molar-refractivity contribution in [2.24, 2.45) is 11.7 Å². The van der Waals surface area contributed by atoms with Crippen molar-refractivity contribution < 1.29 is 14.4 Å². The van der Waals surface area contributed by atoms with Crippen LogP contribution in [0.4, 0.5) is 5.69 Å². The molecule has 2 heterocycles. The fourth-order valence-corrected chi connectivity index (χ4v) is 4.18. The Morgan fingerprint density at radius 1 is 1.04 bits per heavy atom. The maximum atomic E-state index is 12.8. The van der Waals surface area contributed by atoms with Crippen LogP contribution in [-0.2, 0) is 9.59 Å². The number of amides is 3. The van der Waals surface area contributed by atoms with Gasteiger partial charge in [0.1, 0.15) is 0 Å². The summed E-state index contributed by atoms with van der Waals surface area (Å²) in [5, 5.41) is 2.56. The van der Waals surface area contributed by atoms with Gasteiger partial charge in [0.25, 0.3) is 0 Å². The molecule has 140 valence electrons. The summed E-state index contributed by atoms with van der Waals surface area (Å²) >= 11 is 0. The summed E-state index contributed by atoms with van der Waals surface area (Å²) in [7, 11) is 0. The van der Waals surface area contributed by atoms with Crippen molar-refractivity contribution >= 4 is 23.4 Å². The molecule has 1 saturated heterocycles. The Kier molecular flexibility index (Phi) is 5.85. The molecule has 1 aromatic heterocycles. The summed E-state index contributed by atoms with van der Waals surface area (Å²) in [6.45, 7) is 0.632. The van der Waals surface area contributed by atoms with Crippen LogP contribution < -0.4 is 11.1 Å². The first-order valence-corrected chi connectivity index (χ1v) is 9.43.